The van der Waals surface area contributed by atoms with E-state index in [1.807, 2.05) is 30.3 Å². The lowest BCUT2D eigenvalue weighted by molar-refractivity contribution is 0.102. The van der Waals surface area contributed by atoms with E-state index in [1.165, 1.54) is 36.1 Å². The van der Waals surface area contributed by atoms with Crippen LogP contribution in [0.2, 0.25) is 0 Å². The molecule has 32 heavy (non-hydrogen) atoms. The van der Waals surface area contributed by atoms with Gasteiger partial charge in [-0.05, 0) is 84.4 Å². The van der Waals surface area contributed by atoms with Crippen LogP contribution in [0.25, 0.3) is 0 Å². The fourth-order valence-electron chi connectivity index (χ4n) is 6.56. The van der Waals surface area contributed by atoms with E-state index in [2.05, 4.69) is 53.1 Å². The molecule has 2 fully saturated rings. The summed E-state index contributed by atoms with van der Waals surface area (Å²) in [6.45, 7) is 0. The molecule has 6 rings (SSSR count). The molecule has 2 bridgehead atoms. The topological polar surface area (TPSA) is 50.4 Å². The summed E-state index contributed by atoms with van der Waals surface area (Å²) in [7, 11) is 1.62. The van der Waals surface area contributed by atoms with Crippen molar-refractivity contribution in [2.24, 2.45) is 17.8 Å². The summed E-state index contributed by atoms with van der Waals surface area (Å²) in [5, 5.41) is 6.88. The van der Waals surface area contributed by atoms with Crippen molar-refractivity contribution in [2.75, 3.05) is 17.7 Å². The molecule has 3 aromatic carbocycles. The van der Waals surface area contributed by atoms with Crippen molar-refractivity contribution in [2.45, 2.75) is 31.2 Å². The molecule has 3 aliphatic rings. The minimum absolute atomic E-state index is 0.0952. The van der Waals surface area contributed by atoms with Crippen LogP contribution in [0, 0.1) is 17.8 Å². The molecule has 162 valence electrons. The Morgan fingerprint density at radius 1 is 0.969 bits per heavy atom. The Hall–Kier alpha value is -3.27. The average Bonchev–Trinajstić information content (AvgIpc) is 3.47. The molecule has 0 unspecified atom stereocenters. The Morgan fingerprint density at radius 3 is 2.59 bits per heavy atom. The monoisotopic (exact) mass is 424 g/mol. The number of hydrogen-bond acceptors (Lipinski definition) is 3. The summed E-state index contributed by atoms with van der Waals surface area (Å²) in [4.78, 5) is 13.1. The predicted molar refractivity (Wildman–Crippen MR) is 127 cm³/mol. The molecule has 1 amide bonds. The summed E-state index contributed by atoms with van der Waals surface area (Å²) in [5.74, 6) is 3.18. The molecule has 1 heterocycles. The van der Waals surface area contributed by atoms with Gasteiger partial charge in [-0.15, -0.1) is 0 Å². The Kier molecular flexibility index (Phi) is 4.67. The Labute approximate surface area is 189 Å². The van der Waals surface area contributed by atoms with Crippen molar-refractivity contribution in [3.8, 4) is 5.75 Å². The zero-order valence-electron chi connectivity index (χ0n) is 18.3. The van der Waals surface area contributed by atoms with Gasteiger partial charge in [-0.2, -0.15) is 0 Å². The van der Waals surface area contributed by atoms with Crippen LogP contribution >= 0.6 is 0 Å². The zero-order valence-corrected chi connectivity index (χ0v) is 18.3. The van der Waals surface area contributed by atoms with Crippen molar-refractivity contribution in [3.05, 3.63) is 89.5 Å². The maximum atomic E-state index is 13.1. The highest BCUT2D eigenvalue weighted by atomic mass is 16.5. The maximum absolute atomic E-state index is 13.1. The number of amides is 1. The molecule has 0 saturated heterocycles. The molecule has 5 atom stereocenters. The largest absolute Gasteiger partial charge is 0.495 e. The smallest absolute Gasteiger partial charge is 0.255 e. The van der Waals surface area contributed by atoms with Crippen LogP contribution in [-0.4, -0.2) is 13.0 Å². The summed E-state index contributed by atoms with van der Waals surface area (Å²) >= 11 is 0. The second kappa shape index (κ2) is 7.70. The van der Waals surface area contributed by atoms with Crippen molar-refractivity contribution < 1.29 is 9.53 Å². The fraction of sp³-hybridized carbons (Fsp3) is 0.321. The highest BCUT2D eigenvalue weighted by Crippen LogP contribution is 2.63. The first kappa shape index (κ1) is 19.4. The number of nitrogens with one attached hydrogen (secondary N) is 2. The molecule has 1 aliphatic heterocycles. The van der Waals surface area contributed by atoms with Crippen molar-refractivity contribution in [1.82, 2.24) is 0 Å². The van der Waals surface area contributed by atoms with Crippen LogP contribution in [0.4, 0.5) is 11.4 Å². The van der Waals surface area contributed by atoms with Crippen LogP contribution in [0.3, 0.4) is 0 Å². The molecule has 2 saturated carbocycles. The molecule has 2 aliphatic carbocycles. The normalized spacial score (nSPS) is 27.2. The third-order valence-electron chi connectivity index (χ3n) is 7.86. The average molecular weight is 425 g/mol. The van der Waals surface area contributed by atoms with Crippen LogP contribution < -0.4 is 15.4 Å². The van der Waals surface area contributed by atoms with Crippen LogP contribution in [0.1, 0.15) is 52.7 Å². The van der Waals surface area contributed by atoms with Gasteiger partial charge in [-0.3, -0.25) is 4.79 Å². The first-order valence-electron chi connectivity index (χ1n) is 11.6. The van der Waals surface area contributed by atoms with E-state index in [4.69, 9.17) is 4.74 Å². The van der Waals surface area contributed by atoms with Crippen LogP contribution in [-0.2, 0) is 0 Å². The molecule has 4 nitrogen and oxygen atoms in total. The number of carbonyl (C=O) groups is 1. The van der Waals surface area contributed by atoms with Crippen molar-refractivity contribution in [1.29, 1.82) is 0 Å². The van der Waals surface area contributed by atoms with E-state index in [1.54, 1.807) is 7.11 Å². The lowest BCUT2D eigenvalue weighted by atomic mass is 9.68. The number of benzene rings is 3. The maximum Gasteiger partial charge on any atom is 0.255 e. The van der Waals surface area contributed by atoms with Gasteiger partial charge in [0, 0.05) is 11.3 Å². The number of carbonyl (C=O) groups excluding carboxylic acids is 1. The third-order valence-corrected chi connectivity index (χ3v) is 7.86. The summed E-state index contributed by atoms with van der Waals surface area (Å²) in [5.41, 5.74) is 5.27. The van der Waals surface area contributed by atoms with Gasteiger partial charge in [0.25, 0.3) is 5.91 Å². The third kappa shape index (κ3) is 3.09. The van der Waals surface area contributed by atoms with E-state index in [0.717, 1.165) is 11.8 Å². The Bertz CT molecular complexity index is 1160. The quantitative estimate of drug-likeness (QED) is 0.521. The minimum Gasteiger partial charge on any atom is -0.495 e. The minimum atomic E-state index is -0.0952. The number of anilines is 2. The molecule has 0 radical (unpaired) electrons. The summed E-state index contributed by atoms with van der Waals surface area (Å²) in [6, 6.07) is 24.9. The highest BCUT2D eigenvalue weighted by molar-refractivity contribution is 6.05. The number of hydrogen-bond donors (Lipinski definition) is 2. The second-order valence-corrected chi connectivity index (χ2v) is 9.43. The van der Waals surface area contributed by atoms with Gasteiger partial charge in [-0.25, -0.2) is 0 Å². The van der Waals surface area contributed by atoms with E-state index in [0.29, 0.717) is 34.9 Å². The second-order valence-electron chi connectivity index (χ2n) is 9.43. The molecule has 0 spiro atoms. The number of rotatable bonds is 4. The number of fused-ring (bicyclic) bond motifs is 7. The van der Waals surface area contributed by atoms with Crippen LogP contribution in [0.5, 0.6) is 5.75 Å². The Balaban J connectivity index is 1.35. The lowest BCUT2D eigenvalue weighted by Crippen LogP contribution is -2.35. The Morgan fingerprint density at radius 2 is 1.75 bits per heavy atom. The lowest BCUT2D eigenvalue weighted by Gasteiger charge is -2.43. The molecular formula is C28H28N2O2. The van der Waals surface area contributed by atoms with Gasteiger partial charge in [0.1, 0.15) is 5.75 Å². The van der Waals surface area contributed by atoms with Gasteiger partial charge in [0.15, 0.2) is 0 Å². The molecule has 0 aromatic heterocycles. The van der Waals surface area contributed by atoms with Gasteiger partial charge in [-0.1, -0.05) is 42.5 Å². The fourth-order valence-corrected chi connectivity index (χ4v) is 6.56. The van der Waals surface area contributed by atoms with Gasteiger partial charge < -0.3 is 15.4 Å². The van der Waals surface area contributed by atoms with E-state index in [-0.39, 0.29) is 5.91 Å². The molecule has 4 heteroatoms. The van der Waals surface area contributed by atoms with E-state index < -0.39 is 0 Å². The molecule has 3 aromatic rings. The standard InChI is InChI=1S/C28H28N2O2/c1-32-24-10-6-5-9-23(24)30-28(31)20-13-14-22-21(16-20)25-18-11-12-19(15-18)26(25)27(29-22)17-7-3-2-4-8-17/h2-10,13-14,16,18-19,25-27,29H,11-12,15H2,1H3,(H,30,31)/t18-,19-,25-,26+,27+/m0/s1. The first-order valence-corrected chi connectivity index (χ1v) is 11.6. The summed E-state index contributed by atoms with van der Waals surface area (Å²) in [6.07, 6.45) is 3.96. The van der Waals surface area contributed by atoms with Crippen LogP contribution in [0.15, 0.2) is 72.8 Å². The van der Waals surface area contributed by atoms with Gasteiger partial charge in [0.05, 0.1) is 18.8 Å². The predicted octanol–water partition coefficient (Wildman–Crippen LogP) is 6.24. The number of para-hydroxylation sites is 2. The van der Waals surface area contributed by atoms with Gasteiger partial charge >= 0.3 is 0 Å². The zero-order chi connectivity index (χ0) is 21.7. The highest BCUT2D eigenvalue weighted by Gasteiger charge is 2.53. The van der Waals surface area contributed by atoms with E-state index >= 15 is 0 Å². The van der Waals surface area contributed by atoms with Crippen molar-refractivity contribution in [3.63, 3.8) is 0 Å². The SMILES string of the molecule is COc1ccccc1NC(=O)c1ccc2c(c1)[C@@H]1[C@H]3CC[C@@H](C3)[C@H]1[C@@H](c1ccccc1)N2. The summed E-state index contributed by atoms with van der Waals surface area (Å²) < 4.78 is 5.39. The number of ether oxygens (including phenoxy) is 1. The first-order chi connectivity index (χ1) is 15.7. The molecular weight excluding hydrogens is 396 g/mol. The molecule has 2 N–H and O–H groups in total. The van der Waals surface area contributed by atoms with E-state index in [9.17, 15) is 4.79 Å². The van der Waals surface area contributed by atoms with Gasteiger partial charge in [0.2, 0.25) is 0 Å². The number of methoxy groups -OCH3 is 1. The van der Waals surface area contributed by atoms with Crippen molar-refractivity contribution >= 4 is 17.3 Å².